The molecule has 1 aliphatic carbocycles. The Morgan fingerprint density at radius 1 is 1.14 bits per heavy atom. The maximum Gasteiger partial charge on any atom is 0.125 e. The highest BCUT2D eigenvalue weighted by atomic mass is 16.5. The Morgan fingerprint density at radius 2 is 1.81 bits per heavy atom. The van der Waals surface area contributed by atoms with E-state index in [1.54, 1.807) is 0 Å². The summed E-state index contributed by atoms with van der Waals surface area (Å²) in [5.41, 5.74) is 4.82. The molecule has 0 saturated carbocycles. The van der Waals surface area contributed by atoms with Crippen molar-refractivity contribution in [2.45, 2.75) is 32.8 Å². The topological polar surface area (TPSA) is 29.5 Å². The van der Waals surface area contributed by atoms with E-state index in [1.165, 1.54) is 11.1 Å². The van der Waals surface area contributed by atoms with Crippen molar-refractivity contribution in [3.8, 4) is 5.75 Å². The lowest BCUT2D eigenvalue weighted by Gasteiger charge is -2.21. The molecule has 1 aliphatic rings. The molecule has 110 valence electrons. The first-order valence-electron chi connectivity index (χ1n) is 7.67. The summed E-state index contributed by atoms with van der Waals surface area (Å²) in [6.45, 7) is 4.64. The van der Waals surface area contributed by atoms with Crippen molar-refractivity contribution in [2.75, 3.05) is 6.61 Å². The maximum atomic E-state index is 10.8. The Balaban J connectivity index is 1.86. The van der Waals surface area contributed by atoms with Gasteiger partial charge in [0, 0.05) is 5.56 Å². The summed E-state index contributed by atoms with van der Waals surface area (Å²) in [6, 6.07) is 14.5. The van der Waals surface area contributed by atoms with Gasteiger partial charge in [-0.25, -0.2) is 0 Å². The molecule has 1 N–H and O–H groups in total. The molecule has 1 unspecified atom stereocenters. The Labute approximate surface area is 126 Å². The van der Waals surface area contributed by atoms with Crippen molar-refractivity contribution in [1.29, 1.82) is 0 Å². The van der Waals surface area contributed by atoms with Gasteiger partial charge in [-0.2, -0.15) is 0 Å². The van der Waals surface area contributed by atoms with Crippen LogP contribution in [0.5, 0.6) is 5.75 Å². The van der Waals surface area contributed by atoms with Gasteiger partial charge in [0.15, 0.2) is 0 Å². The Hall–Kier alpha value is -1.80. The zero-order valence-corrected chi connectivity index (χ0v) is 12.7. The first-order chi connectivity index (χ1) is 10.2. The zero-order chi connectivity index (χ0) is 14.8. The highest BCUT2D eigenvalue weighted by Gasteiger charge is 2.29. The van der Waals surface area contributed by atoms with Crippen LogP contribution in [0.15, 0.2) is 42.5 Å². The highest BCUT2D eigenvalue weighted by Crippen LogP contribution is 2.38. The van der Waals surface area contributed by atoms with E-state index in [-0.39, 0.29) is 5.92 Å². The van der Waals surface area contributed by atoms with E-state index >= 15 is 0 Å². The lowest BCUT2D eigenvalue weighted by atomic mass is 9.92. The predicted octanol–water partition coefficient (Wildman–Crippen LogP) is 3.84. The second-order valence-corrected chi connectivity index (χ2v) is 5.86. The van der Waals surface area contributed by atoms with Gasteiger partial charge in [0.2, 0.25) is 0 Å². The molecule has 0 bridgehead atoms. The first-order valence-corrected chi connectivity index (χ1v) is 7.67. The molecule has 1 atom stereocenters. The third kappa shape index (κ3) is 2.81. The van der Waals surface area contributed by atoms with E-state index in [4.69, 9.17) is 4.74 Å². The lowest BCUT2D eigenvalue weighted by molar-refractivity contribution is 0.109. The quantitative estimate of drug-likeness (QED) is 0.923. The van der Waals surface area contributed by atoms with Crippen LogP contribution in [0.4, 0.5) is 0 Å². The fourth-order valence-corrected chi connectivity index (χ4v) is 3.26. The Morgan fingerprint density at radius 3 is 2.43 bits per heavy atom. The average molecular weight is 282 g/mol. The van der Waals surface area contributed by atoms with Gasteiger partial charge in [-0.15, -0.1) is 0 Å². The van der Waals surface area contributed by atoms with Crippen molar-refractivity contribution in [1.82, 2.24) is 0 Å². The first kappa shape index (κ1) is 14.2. The number of rotatable bonds is 4. The largest absolute Gasteiger partial charge is 0.493 e. The van der Waals surface area contributed by atoms with Gasteiger partial charge in [0.25, 0.3) is 0 Å². The van der Waals surface area contributed by atoms with Crippen LogP contribution >= 0.6 is 0 Å². The SMILES string of the molecule is CCOc1ccc(C)cc1C(O)C1Cc2ccccc2C1. The van der Waals surface area contributed by atoms with Crippen LogP contribution in [0, 0.1) is 12.8 Å². The van der Waals surface area contributed by atoms with E-state index in [9.17, 15) is 5.11 Å². The van der Waals surface area contributed by atoms with E-state index in [0.29, 0.717) is 6.61 Å². The Bertz CT molecular complexity index is 608. The number of aliphatic hydroxyl groups is 1. The normalized spacial score (nSPS) is 15.8. The maximum absolute atomic E-state index is 10.8. The summed E-state index contributed by atoms with van der Waals surface area (Å²) >= 11 is 0. The van der Waals surface area contributed by atoms with Crippen molar-refractivity contribution in [3.63, 3.8) is 0 Å². The standard InChI is InChI=1S/C19H22O2/c1-3-21-18-9-8-13(2)10-17(18)19(20)16-11-14-6-4-5-7-15(14)12-16/h4-10,16,19-20H,3,11-12H2,1-2H3. The van der Waals surface area contributed by atoms with E-state index < -0.39 is 6.10 Å². The molecule has 0 aromatic heterocycles. The molecule has 2 heteroatoms. The van der Waals surface area contributed by atoms with Gasteiger partial charge >= 0.3 is 0 Å². The average Bonchev–Trinajstić information content (AvgIpc) is 2.92. The second kappa shape index (κ2) is 5.90. The summed E-state index contributed by atoms with van der Waals surface area (Å²) < 4.78 is 5.69. The van der Waals surface area contributed by atoms with Crippen molar-refractivity contribution < 1.29 is 9.84 Å². The predicted molar refractivity (Wildman–Crippen MR) is 84.6 cm³/mol. The molecule has 21 heavy (non-hydrogen) atoms. The number of hydrogen-bond donors (Lipinski definition) is 1. The van der Waals surface area contributed by atoms with Crippen LogP contribution < -0.4 is 4.74 Å². The zero-order valence-electron chi connectivity index (χ0n) is 12.7. The van der Waals surface area contributed by atoms with E-state index in [2.05, 4.69) is 37.3 Å². The molecule has 3 rings (SSSR count). The number of ether oxygens (including phenoxy) is 1. The van der Waals surface area contributed by atoms with Crippen molar-refractivity contribution in [2.24, 2.45) is 5.92 Å². The molecule has 0 fully saturated rings. The minimum absolute atomic E-state index is 0.239. The van der Waals surface area contributed by atoms with Gasteiger partial charge in [-0.3, -0.25) is 0 Å². The molecule has 0 saturated heterocycles. The van der Waals surface area contributed by atoms with Crippen LogP contribution in [-0.4, -0.2) is 11.7 Å². The molecule has 2 aromatic carbocycles. The number of aryl methyl sites for hydroxylation is 1. The minimum atomic E-state index is -0.473. The van der Waals surface area contributed by atoms with Gasteiger partial charge in [-0.05, 0) is 55.9 Å². The third-order valence-corrected chi connectivity index (χ3v) is 4.31. The monoisotopic (exact) mass is 282 g/mol. The molecule has 2 nitrogen and oxygen atoms in total. The number of benzene rings is 2. The van der Waals surface area contributed by atoms with E-state index in [1.807, 2.05) is 19.1 Å². The number of aliphatic hydroxyl groups excluding tert-OH is 1. The summed E-state index contributed by atoms with van der Waals surface area (Å²) in [5, 5.41) is 10.8. The van der Waals surface area contributed by atoms with Crippen LogP contribution in [-0.2, 0) is 12.8 Å². The minimum Gasteiger partial charge on any atom is -0.493 e. The van der Waals surface area contributed by atoms with E-state index in [0.717, 1.165) is 29.7 Å². The third-order valence-electron chi connectivity index (χ3n) is 4.31. The lowest BCUT2D eigenvalue weighted by Crippen LogP contribution is -2.14. The van der Waals surface area contributed by atoms with Crippen LogP contribution in [0.2, 0.25) is 0 Å². The van der Waals surface area contributed by atoms with Gasteiger partial charge in [-0.1, -0.05) is 35.9 Å². The van der Waals surface area contributed by atoms with Crippen molar-refractivity contribution >= 4 is 0 Å². The molecule has 0 aliphatic heterocycles. The molecule has 0 radical (unpaired) electrons. The van der Waals surface area contributed by atoms with Crippen molar-refractivity contribution in [3.05, 3.63) is 64.7 Å². The fourth-order valence-electron chi connectivity index (χ4n) is 3.26. The van der Waals surface area contributed by atoms with Crippen LogP contribution in [0.3, 0.4) is 0 Å². The van der Waals surface area contributed by atoms with Gasteiger partial charge in [0.05, 0.1) is 12.7 Å². The van der Waals surface area contributed by atoms with Crippen LogP contribution in [0.1, 0.15) is 35.3 Å². The highest BCUT2D eigenvalue weighted by molar-refractivity contribution is 5.40. The molecular weight excluding hydrogens is 260 g/mol. The van der Waals surface area contributed by atoms with Crippen LogP contribution in [0.25, 0.3) is 0 Å². The summed E-state index contributed by atoms with van der Waals surface area (Å²) in [4.78, 5) is 0. The molecule has 0 heterocycles. The molecule has 0 amide bonds. The summed E-state index contributed by atoms with van der Waals surface area (Å²) in [5.74, 6) is 1.05. The van der Waals surface area contributed by atoms with Gasteiger partial charge in [0.1, 0.15) is 5.75 Å². The summed E-state index contributed by atoms with van der Waals surface area (Å²) in [6.07, 6.45) is 1.41. The summed E-state index contributed by atoms with van der Waals surface area (Å²) in [7, 11) is 0. The van der Waals surface area contributed by atoms with Gasteiger partial charge < -0.3 is 9.84 Å². The second-order valence-electron chi connectivity index (χ2n) is 5.86. The number of fused-ring (bicyclic) bond motifs is 1. The molecule has 0 spiro atoms. The smallest absolute Gasteiger partial charge is 0.125 e. The molecular formula is C19H22O2. The fraction of sp³-hybridized carbons (Fsp3) is 0.368. The molecule has 2 aromatic rings. The Kier molecular flexibility index (Phi) is 3.98. The number of hydrogen-bond acceptors (Lipinski definition) is 2.